The predicted octanol–water partition coefficient (Wildman–Crippen LogP) is 6.99. The van der Waals surface area contributed by atoms with Crippen LogP contribution in [0.3, 0.4) is 0 Å². The van der Waals surface area contributed by atoms with Crippen LogP contribution in [0.15, 0.2) is 97.1 Å². The largest absolute Gasteiger partial charge is 0.508 e. The van der Waals surface area contributed by atoms with Crippen LogP contribution in [0.25, 0.3) is 0 Å². The summed E-state index contributed by atoms with van der Waals surface area (Å²) in [5.74, 6) is 2.67. The molecule has 2 aliphatic heterocycles. The van der Waals surface area contributed by atoms with Gasteiger partial charge in [0.1, 0.15) is 68.7 Å². The molecule has 0 spiro atoms. The van der Waals surface area contributed by atoms with Gasteiger partial charge in [-0.2, -0.15) is 0 Å². The fourth-order valence-corrected chi connectivity index (χ4v) is 5.91. The van der Waals surface area contributed by atoms with Gasteiger partial charge in [0.15, 0.2) is 12.2 Å². The van der Waals surface area contributed by atoms with Crippen molar-refractivity contribution >= 4 is 12.3 Å². The molecule has 2 saturated heterocycles. The lowest BCUT2D eigenvalue weighted by Gasteiger charge is -2.27. The van der Waals surface area contributed by atoms with Crippen molar-refractivity contribution in [3.8, 4) is 23.0 Å². The van der Waals surface area contributed by atoms with Gasteiger partial charge < -0.3 is 43.0 Å². The van der Waals surface area contributed by atoms with E-state index in [0.29, 0.717) is 23.0 Å². The van der Waals surface area contributed by atoms with Gasteiger partial charge in [-0.1, -0.05) is 76.2 Å². The molecule has 274 valence electrons. The van der Waals surface area contributed by atoms with Gasteiger partial charge in [-0.15, -0.1) is 0 Å². The second-order valence-electron chi connectivity index (χ2n) is 13.8. The van der Waals surface area contributed by atoms with Crippen molar-refractivity contribution < 1.29 is 52.6 Å². The molecule has 2 fully saturated rings. The van der Waals surface area contributed by atoms with Crippen molar-refractivity contribution in [2.45, 2.75) is 56.8 Å². The van der Waals surface area contributed by atoms with Gasteiger partial charge in [-0.3, -0.25) is 0 Å². The molecule has 2 aliphatic rings. The third kappa shape index (κ3) is 9.08. The molecule has 4 aromatic carbocycles. The Kier molecular flexibility index (Phi) is 11.1. The van der Waals surface area contributed by atoms with E-state index in [4.69, 9.17) is 37.9 Å². The standard InChI is InChI=1S/C41H44O11/c1-40(2,29-9-17-34(18-10-29)47-23-36-25-49-38(43)51-36)27-5-13-32(14-6-27)45-21-31(42)22-46-33-15-7-28(8-16-33)41(3,4)30-11-19-35(20-12-30)48-24-37-26-50-39(44)52-37/h5-20,31,36-37,42H,21-26H2,1-4H3. The minimum Gasteiger partial charge on any atom is -0.491 e. The minimum atomic E-state index is -0.824. The molecular formula is C41H44O11. The zero-order valence-electron chi connectivity index (χ0n) is 29.7. The van der Waals surface area contributed by atoms with Crippen molar-refractivity contribution in [2.75, 3.05) is 39.6 Å². The van der Waals surface area contributed by atoms with E-state index in [1.165, 1.54) is 0 Å². The number of hydrogen-bond donors (Lipinski definition) is 1. The lowest BCUT2D eigenvalue weighted by atomic mass is 9.78. The number of carbonyl (C=O) groups is 2. The number of carbonyl (C=O) groups excluding carboxylic acids is 2. The Morgan fingerprint density at radius 1 is 0.538 bits per heavy atom. The lowest BCUT2D eigenvalue weighted by molar-refractivity contribution is 0.0626. The van der Waals surface area contributed by atoms with Crippen LogP contribution >= 0.6 is 0 Å². The first-order valence-electron chi connectivity index (χ1n) is 17.2. The molecule has 0 amide bonds. The quantitative estimate of drug-likeness (QED) is 0.121. The summed E-state index contributed by atoms with van der Waals surface area (Å²) in [5, 5.41) is 10.6. The molecule has 11 nitrogen and oxygen atoms in total. The molecule has 2 unspecified atom stereocenters. The molecule has 11 heteroatoms. The molecule has 4 aromatic rings. The van der Waals surface area contributed by atoms with E-state index in [9.17, 15) is 14.7 Å². The van der Waals surface area contributed by atoms with Crippen LogP contribution in [0.4, 0.5) is 9.59 Å². The van der Waals surface area contributed by atoms with E-state index < -0.39 is 30.6 Å². The van der Waals surface area contributed by atoms with Crippen molar-refractivity contribution in [1.29, 1.82) is 0 Å². The van der Waals surface area contributed by atoms with Crippen molar-refractivity contribution in [1.82, 2.24) is 0 Å². The van der Waals surface area contributed by atoms with Gasteiger partial charge in [0.2, 0.25) is 0 Å². The molecule has 2 heterocycles. The topological polar surface area (TPSA) is 128 Å². The Bertz CT molecular complexity index is 1650. The Balaban J connectivity index is 0.934. The first-order chi connectivity index (χ1) is 25.0. The molecule has 0 saturated carbocycles. The van der Waals surface area contributed by atoms with Gasteiger partial charge in [-0.05, 0) is 70.8 Å². The summed E-state index contributed by atoms with van der Waals surface area (Å²) >= 11 is 0. The van der Waals surface area contributed by atoms with Crippen molar-refractivity contribution in [3.63, 3.8) is 0 Å². The molecule has 6 rings (SSSR count). The third-order valence-corrected chi connectivity index (χ3v) is 9.36. The summed E-state index contributed by atoms with van der Waals surface area (Å²) in [6.07, 6.45) is -2.95. The Morgan fingerprint density at radius 3 is 1.10 bits per heavy atom. The smallest absolute Gasteiger partial charge is 0.491 e. The van der Waals surface area contributed by atoms with E-state index >= 15 is 0 Å². The summed E-state index contributed by atoms with van der Waals surface area (Å²) in [6, 6.07) is 31.4. The zero-order valence-corrected chi connectivity index (χ0v) is 29.7. The number of cyclic esters (lactones) is 4. The van der Waals surface area contributed by atoms with E-state index in [2.05, 4.69) is 27.7 Å². The summed E-state index contributed by atoms with van der Waals surface area (Å²) in [5.41, 5.74) is 3.85. The number of aliphatic hydroxyl groups is 1. The van der Waals surface area contributed by atoms with Gasteiger partial charge in [0.25, 0.3) is 0 Å². The molecule has 1 N–H and O–H groups in total. The Morgan fingerprint density at radius 2 is 0.827 bits per heavy atom. The fourth-order valence-electron chi connectivity index (χ4n) is 5.91. The summed E-state index contributed by atoms with van der Waals surface area (Å²) in [6.45, 7) is 9.61. The highest BCUT2D eigenvalue weighted by molar-refractivity contribution is 5.62. The number of rotatable bonds is 16. The first-order valence-corrected chi connectivity index (χ1v) is 17.2. The Labute approximate surface area is 303 Å². The lowest BCUT2D eigenvalue weighted by Crippen LogP contribution is -2.25. The van der Waals surface area contributed by atoms with Crippen molar-refractivity contribution in [2.24, 2.45) is 0 Å². The highest BCUT2D eigenvalue weighted by Gasteiger charge is 2.28. The minimum absolute atomic E-state index is 0.0841. The predicted molar refractivity (Wildman–Crippen MR) is 190 cm³/mol. The monoisotopic (exact) mass is 712 g/mol. The van der Waals surface area contributed by atoms with Crippen LogP contribution in [-0.2, 0) is 29.8 Å². The average Bonchev–Trinajstić information content (AvgIpc) is 3.78. The van der Waals surface area contributed by atoms with Gasteiger partial charge in [0, 0.05) is 10.8 Å². The zero-order chi connectivity index (χ0) is 36.7. The normalized spacial score (nSPS) is 17.7. The maximum atomic E-state index is 11.1. The van der Waals surface area contributed by atoms with E-state index in [1.54, 1.807) is 0 Å². The summed E-state index contributed by atoms with van der Waals surface area (Å²) < 4.78 is 42.8. The SMILES string of the molecule is CC(C)(c1ccc(OCC(O)COc2ccc(C(C)(C)c3ccc(OCC4COC(=O)O4)cc3)cc2)cc1)c1ccc(OCC2COC(=O)O2)cc1. The number of ether oxygens (including phenoxy) is 8. The van der Waals surface area contributed by atoms with E-state index in [0.717, 1.165) is 22.3 Å². The summed E-state index contributed by atoms with van der Waals surface area (Å²) in [7, 11) is 0. The number of aliphatic hydroxyl groups excluding tert-OH is 1. The first kappa shape index (κ1) is 36.4. The molecule has 2 atom stereocenters. The molecule has 0 radical (unpaired) electrons. The van der Waals surface area contributed by atoms with Crippen LogP contribution in [0.2, 0.25) is 0 Å². The van der Waals surface area contributed by atoms with Crippen molar-refractivity contribution in [3.05, 3.63) is 119 Å². The second kappa shape index (κ2) is 15.9. The molecule has 52 heavy (non-hydrogen) atoms. The maximum Gasteiger partial charge on any atom is 0.508 e. The highest BCUT2D eigenvalue weighted by Crippen LogP contribution is 2.35. The van der Waals surface area contributed by atoms with E-state index in [-0.39, 0.29) is 50.5 Å². The van der Waals surface area contributed by atoms with Crippen LogP contribution in [0, 0.1) is 0 Å². The van der Waals surface area contributed by atoms with Crippen LogP contribution in [0.1, 0.15) is 49.9 Å². The molecule has 0 bridgehead atoms. The second-order valence-corrected chi connectivity index (χ2v) is 13.8. The van der Waals surface area contributed by atoms with Gasteiger partial charge in [-0.25, -0.2) is 9.59 Å². The van der Waals surface area contributed by atoms with Gasteiger partial charge in [0.05, 0.1) is 0 Å². The van der Waals surface area contributed by atoms with Crippen LogP contribution in [0.5, 0.6) is 23.0 Å². The number of benzene rings is 4. The fraction of sp³-hybridized carbons (Fsp3) is 0.366. The van der Waals surface area contributed by atoms with E-state index in [1.807, 2.05) is 97.1 Å². The third-order valence-electron chi connectivity index (χ3n) is 9.36. The average molecular weight is 713 g/mol. The number of hydrogen-bond acceptors (Lipinski definition) is 11. The molecule has 0 aliphatic carbocycles. The molecule has 0 aromatic heterocycles. The molecular weight excluding hydrogens is 668 g/mol. The van der Waals surface area contributed by atoms with Gasteiger partial charge >= 0.3 is 12.3 Å². The summed E-state index contributed by atoms with van der Waals surface area (Å²) in [4.78, 5) is 22.2. The highest BCUT2D eigenvalue weighted by atomic mass is 16.8. The maximum absolute atomic E-state index is 11.1. The van der Waals surface area contributed by atoms with Crippen LogP contribution in [-0.4, -0.2) is 75.4 Å². The Hall–Kier alpha value is -5.42. The van der Waals surface area contributed by atoms with Crippen LogP contribution < -0.4 is 18.9 Å².